The fraction of sp³-hybridized carbons (Fsp3) is 0.545. The highest BCUT2D eigenvalue weighted by molar-refractivity contribution is 5.93. The molecule has 2 aromatic rings. The van der Waals surface area contributed by atoms with E-state index in [9.17, 15) is 0 Å². The Hall–Kier alpha value is -1.78. The lowest BCUT2D eigenvalue weighted by atomic mass is 9.98. The monoisotopic (exact) mass is 356 g/mol. The van der Waals surface area contributed by atoms with Crippen molar-refractivity contribution in [2.45, 2.75) is 38.9 Å². The summed E-state index contributed by atoms with van der Waals surface area (Å²) in [5, 5.41) is 2.23. The van der Waals surface area contributed by atoms with Crippen LogP contribution in [-0.2, 0) is 9.47 Å². The van der Waals surface area contributed by atoms with Crippen molar-refractivity contribution in [3.63, 3.8) is 0 Å². The highest BCUT2D eigenvalue weighted by Gasteiger charge is 2.30. The first-order chi connectivity index (χ1) is 12.8. The number of fused-ring (bicyclic) bond motifs is 1. The van der Waals surface area contributed by atoms with Gasteiger partial charge in [-0.1, -0.05) is 38.1 Å². The van der Waals surface area contributed by atoms with E-state index in [1.807, 2.05) is 0 Å². The predicted octanol–water partition coefficient (Wildman–Crippen LogP) is 4.45. The van der Waals surface area contributed by atoms with Gasteiger partial charge < -0.3 is 18.9 Å². The van der Waals surface area contributed by atoms with Crippen molar-refractivity contribution in [3.8, 4) is 11.5 Å². The van der Waals surface area contributed by atoms with E-state index >= 15 is 0 Å². The van der Waals surface area contributed by atoms with Crippen LogP contribution < -0.4 is 9.47 Å². The van der Waals surface area contributed by atoms with Crippen molar-refractivity contribution in [1.29, 1.82) is 0 Å². The Labute approximate surface area is 155 Å². The number of ether oxygens (including phenoxy) is 4. The Kier molecular flexibility index (Phi) is 5.32. The van der Waals surface area contributed by atoms with Gasteiger partial charge in [0, 0.05) is 22.6 Å². The van der Waals surface area contributed by atoms with Gasteiger partial charge in [0.2, 0.25) is 0 Å². The third kappa shape index (κ3) is 3.40. The van der Waals surface area contributed by atoms with Gasteiger partial charge >= 0.3 is 0 Å². The molecule has 0 amide bonds. The second kappa shape index (κ2) is 7.85. The molecule has 4 rings (SSSR count). The van der Waals surface area contributed by atoms with E-state index in [1.54, 1.807) is 0 Å². The summed E-state index contributed by atoms with van der Waals surface area (Å²) in [6.45, 7) is 7.57. The number of benzene rings is 2. The summed E-state index contributed by atoms with van der Waals surface area (Å²) in [5.41, 5.74) is 0. The molecule has 0 aliphatic carbocycles. The van der Waals surface area contributed by atoms with Crippen LogP contribution in [0.4, 0.5) is 0 Å². The van der Waals surface area contributed by atoms with Gasteiger partial charge in [-0.2, -0.15) is 0 Å². The van der Waals surface area contributed by atoms with Crippen LogP contribution in [0, 0.1) is 11.8 Å². The minimum absolute atomic E-state index is 0.203. The molecule has 0 saturated carbocycles. The molecule has 140 valence electrons. The SMILES string of the molecule is CCC(Oc1cccc2c(OC(CC)C3COC3)cccc12)C1COC1. The lowest BCUT2D eigenvalue weighted by molar-refractivity contribution is -0.0836. The second-order valence-corrected chi connectivity index (χ2v) is 7.33. The standard InChI is InChI=1S/C22H28O4/c1-3-19(15-11-23-12-15)25-21-9-5-8-18-17(21)7-6-10-22(18)26-20(4-2)16-13-24-14-16/h5-10,15-16,19-20H,3-4,11-14H2,1-2H3. The fourth-order valence-electron chi connectivity index (χ4n) is 3.75. The van der Waals surface area contributed by atoms with E-state index in [-0.39, 0.29) is 12.2 Å². The Morgan fingerprint density at radius 3 is 1.50 bits per heavy atom. The van der Waals surface area contributed by atoms with E-state index in [0.717, 1.165) is 61.5 Å². The van der Waals surface area contributed by atoms with E-state index in [4.69, 9.17) is 18.9 Å². The molecule has 0 aromatic heterocycles. The number of rotatable bonds is 8. The van der Waals surface area contributed by atoms with Gasteiger partial charge in [-0.15, -0.1) is 0 Å². The largest absolute Gasteiger partial charge is 0.489 e. The zero-order valence-corrected chi connectivity index (χ0v) is 15.6. The second-order valence-electron chi connectivity index (χ2n) is 7.33. The van der Waals surface area contributed by atoms with Crippen molar-refractivity contribution < 1.29 is 18.9 Å². The molecule has 2 aliphatic heterocycles. The van der Waals surface area contributed by atoms with Crippen LogP contribution in [0.5, 0.6) is 11.5 Å². The molecule has 2 heterocycles. The molecular weight excluding hydrogens is 328 g/mol. The molecule has 2 fully saturated rings. The zero-order chi connectivity index (χ0) is 17.9. The molecule has 2 unspecified atom stereocenters. The molecule has 2 atom stereocenters. The maximum Gasteiger partial charge on any atom is 0.127 e. The van der Waals surface area contributed by atoms with Crippen LogP contribution in [0.1, 0.15) is 26.7 Å². The molecule has 2 saturated heterocycles. The first kappa shape index (κ1) is 17.6. The lowest BCUT2D eigenvalue weighted by Gasteiger charge is -2.34. The summed E-state index contributed by atoms with van der Waals surface area (Å²) in [6, 6.07) is 12.5. The van der Waals surface area contributed by atoms with E-state index < -0.39 is 0 Å². The lowest BCUT2D eigenvalue weighted by Crippen LogP contribution is -2.40. The van der Waals surface area contributed by atoms with Gasteiger partial charge in [0.25, 0.3) is 0 Å². The van der Waals surface area contributed by atoms with Crippen LogP contribution in [0.25, 0.3) is 10.8 Å². The van der Waals surface area contributed by atoms with E-state index in [0.29, 0.717) is 11.8 Å². The molecule has 0 radical (unpaired) electrons. The third-order valence-electron chi connectivity index (χ3n) is 5.58. The average molecular weight is 356 g/mol. The summed E-state index contributed by atoms with van der Waals surface area (Å²) >= 11 is 0. The summed E-state index contributed by atoms with van der Waals surface area (Å²) in [7, 11) is 0. The smallest absolute Gasteiger partial charge is 0.127 e. The predicted molar refractivity (Wildman–Crippen MR) is 102 cm³/mol. The van der Waals surface area contributed by atoms with Gasteiger partial charge in [0.1, 0.15) is 23.7 Å². The summed E-state index contributed by atoms with van der Waals surface area (Å²) < 4.78 is 23.5. The molecule has 2 aromatic carbocycles. The molecular formula is C22H28O4. The molecule has 26 heavy (non-hydrogen) atoms. The highest BCUT2D eigenvalue weighted by atomic mass is 16.5. The van der Waals surface area contributed by atoms with Crippen molar-refractivity contribution in [3.05, 3.63) is 36.4 Å². The topological polar surface area (TPSA) is 36.9 Å². The Morgan fingerprint density at radius 1 is 0.769 bits per heavy atom. The summed E-state index contributed by atoms with van der Waals surface area (Å²) in [5.74, 6) is 2.87. The minimum atomic E-state index is 0.203. The van der Waals surface area contributed by atoms with Gasteiger partial charge in [-0.3, -0.25) is 0 Å². The van der Waals surface area contributed by atoms with Crippen molar-refractivity contribution in [2.75, 3.05) is 26.4 Å². The van der Waals surface area contributed by atoms with Crippen LogP contribution in [0.3, 0.4) is 0 Å². The fourth-order valence-corrected chi connectivity index (χ4v) is 3.75. The zero-order valence-electron chi connectivity index (χ0n) is 15.6. The van der Waals surface area contributed by atoms with Gasteiger partial charge in [0.15, 0.2) is 0 Å². The van der Waals surface area contributed by atoms with Crippen LogP contribution in [0.15, 0.2) is 36.4 Å². The van der Waals surface area contributed by atoms with Gasteiger partial charge in [0.05, 0.1) is 26.4 Å². The van der Waals surface area contributed by atoms with Crippen LogP contribution in [-0.4, -0.2) is 38.6 Å². The Bertz CT molecular complexity index is 673. The molecule has 4 heteroatoms. The summed E-state index contributed by atoms with van der Waals surface area (Å²) in [4.78, 5) is 0. The first-order valence-corrected chi connectivity index (χ1v) is 9.80. The van der Waals surface area contributed by atoms with Crippen molar-refractivity contribution >= 4 is 10.8 Å². The first-order valence-electron chi connectivity index (χ1n) is 9.80. The molecule has 0 N–H and O–H groups in total. The third-order valence-corrected chi connectivity index (χ3v) is 5.58. The van der Waals surface area contributed by atoms with Gasteiger partial charge in [-0.25, -0.2) is 0 Å². The molecule has 4 nitrogen and oxygen atoms in total. The normalized spacial score (nSPS) is 20.2. The highest BCUT2D eigenvalue weighted by Crippen LogP contribution is 2.35. The molecule has 0 spiro atoms. The minimum Gasteiger partial charge on any atom is -0.489 e. The van der Waals surface area contributed by atoms with Crippen molar-refractivity contribution in [2.24, 2.45) is 11.8 Å². The number of hydrogen-bond donors (Lipinski definition) is 0. The van der Waals surface area contributed by atoms with E-state index in [1.165, 1.54) is 0 Å². The van der Waals surface area contributed by atoms with Crippen molar-refractivity contribution in [1.82, 2.24) is 0 Å². The maximum absolute atomic E-state index is 6.39. The van der Waals surface area contributed by atoms with Crippen LogP contribution >= 0.6 is 0 Å². The maximum atomic E-state index is 6.39. The average Bonchev–Trinajstić information content (AvgIpc) is 2.58. The quantitative estimate of drug-likeness (QED) is 0.700. The Morgan fingerprint density at radius 2 is 1.19 bits per heavy atom. The molecule has 2 aliphatic rings. The Balaban J connectivity index is 1.59. The number of hydrogen-bond acceptors (Lipinski definition) is 4. The van der Waals surface area contributed by atoms with E-state index in [2.05, 4.69) is 50.2 Å². The van der Waals surface area contributed by atoms with Gasteiger partial charge in [-0.05, 0) is 25.0 Å². The summed E-state index contributed by atoms with van der Waals surface area (Å²) in [6.07, 6.45) is 2.38. The molecule has 0 bridgehead atoms. The van der Waals surface area contributed by atoms with Crippen LogP contribution in [0.2, 0.25) is 0 Å².